The van der Waals surface area contributed by atoms with E-state index in [0.29, 0.717) is 0 Å². The van der Waals surface area contributed by atoms with Crippen LogP contribution in [0.2, 0.25) is 0 Å². The average molecular weight is 282 g/mol. The molecule has 0 amide bonds. The molecule has 3 heteroatoms. The molecule has 0 saturated heterocycles. The first-order valence-corrected chi connectivity index (χ1v) is 1.96. The molecule has 0 radical (unpaired) electrons. The zero-order valence-corrected chi connectivity index (χ0v) is 7.45. The van der Waals surface area contributed by atoms with Gasteiger partial charge in [0.15, 0.2) is 0 Å². The molecule has 0 saturated carbocycles. The first-order valence-electron chi connectivity index (χ1n) is 1.96. The van der Waals surface area contributed by atoms with E-state index in [9.17, 15) is 4.79 Å². The normalized spacial score (nSPS) is 6.50. The fourth-order valence-electron chi connectivity index (χ4n) is 0.186. The molecule has 0 fully saturated rings. The summed E-state index contributed by atoms with van der Waals surface area (Å²) in [6.07, 6.45) is 1.46. The van der Waals surface area contributed by atoms with Crippen LogP contribution in [0.3, 0.4) is 0 Å². The standard InChI is InChI=1S/C5H8NO.W/c1-3-6-4-5(2)7;/h3,6H,1-2,4H2;/q-1;. The molecule has 0 unspecified atom stereocenters. The molecule has 0 aromatic heterocycles. The SMILES string of the molecule is C=CNCC([CH2-])=O.[W]. The van der Waals surface area contributed by atoms with Crippen molar-refractivity contribution in [2.75, 3.05) is 6.54 Å². The third kappa shape index (κ3) is 9.24. The molecule has 2 nitrogen and oxygen atoms in total. The predicted molar refractivity (Wildman–Crippen MR) is 28.6 cm³/mol. The van der Waals surface area contributed by atoms with Gasteiger partial charge in [0, 0.05) is 33.4 Å². The summed E-state index contributed by atoms with van der Waals surface area (Å²) in [6, 6.07) is 0. The van der Waals surface area contributed by atoms with Gasteiger partial charge in [0.2, 0.25) is 0 Å². The monoisotopic (exact) mass is 282 g/mol. The van der Waals surface area contributed by atoms with Crippen LogP contribution in [0.1, 0.15) is 0 Å². The quantitative estimate of drug-likeness (QED) is 0.745. The smallest absolute Gasteiger partial charge is 0.0442 e. The summed E-state index contributed by atoms with van der Waals surface area (Å²) in [7, 11) is 0. The Morgan fingerprint density at radius 1 is 1.88 bits per heavy atom. The van der Waals surface area contributed by atoms with E-state index < -0.39 is 0 Å². The Labute approximate surface area is 63.6 Å². The minimum atomic E-state index is -0.125. The van der Waals surface area contributed by atoms with Gasteiger partial charge >= 0.3 is 0 Å². The van der Waals surface area contributed by atoms with Gasteiger partial charge < -0.3 is 17.0 Å². The van der Waals surface area contributed by atoms with Crippen molar-refractivity contribution in [2.24, 2.45) is 0 Å². The van der Waals surface area contributed by atoms with Gasteiger partial charge in [-0.2, -0.15) is 0 Å². The van der Waals surface area contributed by atoms with Gasteiger partial charge in [0.1, 0.15) is 0 Å². The molecule has 8 heavy (non-hydrogen) atoms. The molecule has 0 aromatic carbocycles. The van der Waals surface area contributed by atoms with Crippen LogP contribution in [-0.2, 0) is 25.9 Å². The van der Waals surface area contributed by atoms with Crippen LogP contribution in [0.15, 0.2) is 12.8 Å². The van der Waals surface area contributed by atoms with E-state index in [-0.39, 0.29) is 33.4 Å². The second-order valence-electron chi connectivity index (χ2n) is 1.12. The summed E-state index contributed by atoms with van der Waals surface area (Å²) in [5.41, 5.74) is 0. The van der Waals surface area contributed by atoms with E-state index in [0.717, 1.165) is 0 Å². The van der Waals surface area contributed by atoms with Crippen molar-refractivity contribution in [1.82, 2.24) is 5.32 Å². The van der Waals surface area contributed by atoms with Crippen LogP contribution in [0, 0.1) is 6.92 Å². The Morgan fingerprint density at radius 2 is 2.38 bits per heavy atom. The van der Waals surface area contributed by atoms with Crippen molar-refractivity contribution in [3.63, 3.8) is 0 Å². The summed E-state index contributed by atoms with van der Waals surface area (Å²) in [5.74, 6) is -0.125. The Kier molecular flexibility index (Phi) is 9.05. The average Bonchev–Trinajstić information content (AvgIpc) is 1.61. The van der Waals surface area contributed by atoms with Crippen molar-refractivity contribution in [3.05, 3.63) is 19.7 Å². The number of hydrogen-bond donors (Lipinski definition) is 1. The van der Waals surface area contributed by atoms with Crippen LogP contribution in [0.4, 0.5) is 0 Å². The largest absolute Gasteiger partial charge is 0.387 e. The van der Waals surface area contributed by atoms with Gasteiger partial charge in [-0.25, -0.2) is 0 Å². The van der Waals surface area contributed by atoms with Gasteiger partial charge in [-0.1, -0.05) is 6.58 Å². The van der Waals surface area contributed by atoms with Crippen molar-refractivity contribution in [2.45, 2.75) is 0 Å². The van der Waals surface area contributed by atoms with Gasteiger partial charge in [-0.3, -0.25) is 0 Å². The zero-order chi connectivity index (χ0) is 5.70. The number of carbonyl (C=O) groups is 1. The fourth-order valence-corrected chi connectivity index (χ4v) is 0.186. The summed E-state index contributed by atoms with van der Waals surface area (Å²) < 4.78 is 0. The first-order chi connectivity index (χ1) is 3.27. The third-order valence-electron chi connectivity index (χ3n) is 0.444. The molecule has 0 aliphatic carbocycles. The van der Waals surface area contributed by atoms with Crippen molar-refractivity contribution >= 4 is 5.78 Å². The molecule has 0 bridgehead atoms. The summed E-state index contributed by atoms with van der Waals surface area (Å²) in [4.78, 5) is 9.98. The van der Waals surface area contributed by atoms with Crippen LogP contribution >= 0.6 is 0 Å². The molecular formula is C5H8NOW-. The molecular weight excluding hydrogens is 274 g/mol. The van der Waals surface area contributed by atoms with Crippen LogP contribution < -0.4 is 5.32 Å². The Morgan fingerprint density at radius 3 is 2.50 bits per heavy atom. The van der Waals surface area contributed by atoms with E-state index in [1.54, 1.807) is 0 Å². The van der Waals surface area contributed by atoms with Gasteiger partial charge in [-0.05, 0) is 6.20 Å². The number of carbonyl (C=O) groups excluding carboxylic acids is 1. The van der Waals surface area contributed by atoms with Gasteiger partial charge in [0.05, 0.1) is 0 Å². The maximum Gasteiger partial charge on any atom is 0.0442 e. The van der Waals surface area contributed by atoms with E-state index in [1.807, 2.05) is 0 Å². The second-order valence-corrected chi connectivity index (χ2v) is 1.12. The number of ketones is 1. The maximum atomic E-state index is 9.98. The first kappa shape index (κ1) is 10.7. The van der Waals surface area contributed by atoms with Crippen LogP contribution in [0.5, 0.6) is 0 Å². The molecule has 0 atom stereocenters. The van der Waals surface area contributed by atoms with Crippen molar-refractivity contribution in [1.29, 1.82) is 0 Å². The Hall–Kier alpha value is -0.232. The fraction of sp³-hybridized carbons (Fsp3) is 0.200. The predicted octanol–water partition coefficient (Wildman–Crippen LogP) is 0.120. The van der Waals surface area contributed by atoms with Gasteiger partial charge in [-0.15, -0.1) is 0 Å². The summed E-state index contributed by atoms with van der Waals surface area (Å²) >= 11 is 0. The van der Waals surface area contributed by atoms with E-state index in [1.165, 1.54) is 6.20 Å². The molecule has 0 aliphatic rings. The number of nitrogens with one attached hydrogen (secondary N) is 1. The van der Waals surface area contributed by atoms with Crippen molar-refractivity contribution in [3.8, 4) is 0 Å². The number of hydrogen-bond acceptors (Lipinski definition) is 2. The molecule has 1 N–H and O–H groups in total. The molecule has 46 valence electrons. The Balaban J connectivity index is 0. The maximum absolute atomic E-state index is 9.98. The molecule has 0 heterocycles. The molecule has 0 spiro atoms. The van der Waals surface area contributed by atoms with Crippen LogP contribution in [0.25, 0.3) is 0 Å². The van der Waals surface area contributed by atoms with Crippen LogP contribution in [-0.4, -0.2) is 12.3 Å². The third-order valence-corrected chi connectivity index (χ3v) is 0.444. The molecule has 0 rings (SSSR count). The summed E-state index contributed by atoms with van der Waals surface area (Å²) in [5, 5.41) is 2.60. The molecule has 0 aliphatic heterocycles. The number of rotatable bonds is 3. The van der Waals surface area contributed by atoms with E-state index >= 15 is 0 Å². The molecule has 0 aromatic rings. The summed E-state index contributed by atoms with van der Waals surface area (Å²) in [6.45, 7) is 6.75. The van der Waals surface area contributed by atoms with Crippen molar-refractivity contribution < 1.29 is 25.9 Å². The van der Waals surface area contributed by atoms with E-state index in [2.05, 4.69) is 18.8 Å². The second kappa shape index (κ2) is 6.77. The number of Topliss-reactive ketones (excluding diaryl/α,β-unsaturated/α-hetero) is 1. The van der Waals surface area contributed by atoms with Gasteiger partial charge in [0.25, 0.3) is 0 Å². The minimum absolute atomic E-state index is 0. The zero-order valence-electron chi connectivity index (χ0n) is 4.52. The minimum Gasteiger partial charge on any atom is -0.387 e. The van der Waals surface area contributed by atoms with E-state index in [4.69, 9.17) is 0 Å². The Bertz CT molecular complexity index is 82.5. The topological polar surface area (TPSA) is 29.1 Å².